The average Bonchev–Trinajstić information content (AvgIpc) is 1.67. The molecule has 4 aliphatic heterocycles. The molecular weight excluding hydrogens is 1310 g/mol. The molecule has 4 aromatic rings. The molecule has 33 nitrogen and oxygen atoms in total. The first-order chi connectivity index (χ1) is 47.0. The number of amides is 9. The van der Waals surface area contributed by atoms with Crippen molar-refractivity contribution in [3.05, 3.63) is 59.8 Å². The second-order valence-corrected chi connectivity index (χ2v) is 27.5. The van der Waals surface area contributed by atoms with Crippen LogP contribution in [0.25, 0.3) is 16.2 Å². The Morgan fingerprint density at radius 2 is 1.48 bits per heavy atom. The number of aromatic hydroxyl groups is 1. The average molecular weight is 1410 g/mol. The number of unbranched alkanes of at least 4 members (excludes halogenated alkanes) is 2. The molecule has 2 aromatic carbocycles. The Labute approximate surface area is 575 Å². The highest BCUT2D eigenvalue weighted by atomic mass is 32.1. The predicted octanol–water partition coefficient (Wildman–Crippen LogP) is -1.92. The van der Waals surface area contributed by atoms with E-state index >= 15 is 0 Å². The van der Waals surface area contributed by atoms with E-state index in [4.69, 9.17) is 34.8 Å². The number of carbonyl (C=O) groups is 9. The van der Waals surface area contributed by atoms with Crippen LogP contribution >= 0.6 is 11.3 Å². The van der Waals surface area contributed by atoms with E-state index < -0.39 is 183 Å². The minimum absolute atomic E-state index is 0.0180. The number of aliphatic hydroxyl groups excluding tert-OH is 6. The Balaban J connectivity index is 1.03. The lowest BCUT2D eigenvalue weighted by Gasteiger charge is -2.33. The topological polar surface area (TPSA) is 470 Å². The number of nitrogens with two attached hydrogens (primary N) is 1. The molecule has 2 aromatic heterocycles. The molecule has 4 fully saturated rings. The van der Waals surface area contributed by atoms with Crippen LogP contribution in [0.15, 0.2) is 48.7 Å². The summed E-state index contributed by atoms with van der Waals surface area (Å²) >= 11 is 1.43. The summed E-state index contributed by atoms with van der Waals surface area (Å²) in [7, 11) is 1.69. The maximum atomic E-state index is 14.8. The van der Waals surface area contributed by atoms with Gasteiger partial charge in [-0.3, -0.25) is 38.4 Å². The zero-order valence-corrected chi connectivity index (χ0v) is 57.1. The van der Waals surface area contributed by atoms with Crippen molar-refractivity contribution in [2.75, 3.05) is 71.1 Å². The van der Waals surface area contributed by atoms with E-state index in [0.717, 1.165) is 73.7 Å². The standard InChI is InChI=1S/C65H93N13O20S/c1-34-31-77-53(54(34)86)59(91)68-30-39(80)27-42(69-55(87)38-14-12-37(13-15-38)43-33-78-62(70-43)99-63(74-78)75-20-17-41(18-21-75)96-23-9-7-8-22-95-6)56(88)71-50(35(2)79)60(92)76-32-40(81)28-44(76)57(89)72-51(58(90)73-52(61(77)93)47(84)29-49(66)85)46(83)25-36-11-16-45(82)48(26-36)97-24-10-19-67-64(94)98-65(3,4)5/h11-16,26,33-35,39-42,44,46-47,50-54,79-84,86H,7-10,17-25,27-32H2,1-6H3,(H2,66,85)(H,67,94)(H,68,91)(H,69,87)(H,71,88)(H,72,89)(H,73,90)/t34-,35+,39+,40+,42?,44-,46+,47+,50-,51-,52-,53-,54-/m0/s1. The number of phenols is 1. The van der Waals surface area contributed by atoms with Crippen LogP contribution in [0, 0.1) is 5.92 Å². The summed E-state index contributed by atoms with van der Waals surface area (Å²) in [6.07, 6.45) is -7.22. The number of nitrogens with one attached hydrogen (secondary N) is 6. The van der Waals surface area contributed by atoms with Gasteiger partial charge in [-0.2, -0.15) is 0 Å². The van der Waals surface area contributed by atoms with E-state index in [-0.39, 0.29) is 48.3 Å². The maximum Gasteiger partial charge on any atom is 0.407 e. The van der Waals surface area contributed by atoms with Crippen LogP contribution in [0.5, 0.6) is 11.5 Å². The van der Waals surface area contributed by atoms with Crippen molar-refractivity contribution in [3.8, 4) is 22.8 Å². The second-order valence-electron chi connectivity index (χ2n) is 26.5. The highest BCUT2D eigenvalue weighted by Crippen LogP contribution is 2.32. The zero-order valence-electron chi connectivity index (χ0n) is 56.2. The molecule has 1 unspecified atom stereocenters. The molecule has 15 N–H and O–H groups in total. The van der Waals surface area contributed by atoms with Gasteiger partial charge in [-0.25, -0.2) is 14.3 Å². The summed E-state index contributed by atoms with van der Waals surface area (Å²) in [5.41, 5.74) is 6.06. The quantitative estimate of drug-likeness (QED) is 0.0360. The number of hydrogen-bond donors (Lipinski definition) is 14. The van der Waals surface area contributed by atoms with E-state index in [1.165, 1.54) is 48.6 Å². The number of ether oxygens (including phenoxy) is 4. The van der Waals surface area contributed by atoms with Crippen molar-refractivity contribution in [2.45, 2.75) is 183 Å². The molecule has 4 saturated heterocycles. The Morgan fingerprint density at radius 3 is 2.16 bits per heavy atom. The molecule has 34 heteroatoms. The third kappa shape index (κ3) is 20.6. The number of methoxy groups -OCH3 is 1. The fourth-order valence-corrected chi connectivity index (χ4v) is 13.1. The molecule has 6 heterocycles. The van der Waals surface area contributed by atoms with Gasteiger partial charge >= 0.3 is 6.09 Å². The number of β-amino-alcohol motifs (C(OH)–C–C–N with tert-alkyl or cyclic N) is 1. The highest BCUT2D eigenvalue weighted by Gasteiger charge is 2.50. The second kappa shape index (κ2) is 34.6. The SMILES string of the molecule is COCCCCCOC1CCN(c2nn3cc(-c4ccc(C(=O)NC5C[C@@H](O)CNC(=O)[C@@H]6[C@@H](O)[C@@H](C)CN6C(=O)[C@H]([C@H](O)CC(N)=O)NC(=O)[C@H]([C@H](O)Cc6ccc(O)c(OCCCNC(=O)OC(C)(C)C)c6)NC(=O)[C@@H]6C[C@@H](O)CN6C(=O)[C@H]([C@@H](C)O)NC5=O)cc4)nc3s2)CC1. The number of nitrogens with zero attached hydrogens (tertiary/aromatic N) is 6. The van der Waals surface area contributed by atoms with E-state index in [0.29, 0.717) is 22.8 Å². The number of anilines is 1. The molecule has 13 atom stereocenters. The molecule has 99 heavy (non-hydrogen) atoms. The first kappa shape index (κ1) is 76.4. The van der Waals surface area contributed by atoms with E-state index in [1.54, 1.807) is 50.7 Å². The van der Waals surface area contributed by atoms with Crippen molar-refractivity contribution in [1.82, 2.24) is 56.3 Å². The summed E-state index contributed by atoms with van der Waals surface area (Å²) in [5.74, 6) is -10.6. The molecule has 0 aliphatic carbocycles. The summed E-state index contributed by atoms with van der Waals surface area (Å²) in [6.45, 7) is 9.08. The minimum Gasteiger partial charge on any atom is -0.504 e. The number of piperidine rings is 1. The van der Waals surface area contributed by atoms with Crippen LogP contribution in [0.4, 0.5) is 9.93 Å². The maximum absolute atomic E-state index is 14.8. The molecule has 8 rings (SSSR count). The minimum atomic E-state index is -2.21. The van der Waals surface area contributed by atoms with Gasteiger partial charge in [-0.15, -0.1) is 5.10 Å². The Morgan fingerprint density at radius 1 is 0.798 bits per heavy atom. The van der Waals surface area contributed by atoms with Gasteiger partial charge in [0, 0.05) is 95.9 Å². The van der Waals surface area contributed by atoms with Crippen LogP contribution in [-0.2, 0) is 54.2 Å². The molecule has 4 aliphatic rings. The fraction of sp³-hybridized carbons (Fsp3) is 0.615. The zero-order chi connectivity index (χ0) is 72.0. The molecule has 0 spiro atoms. The lowest BCUT2D eigenvalue weighted by atomic mass is 9.98. The number of carbonyl (C=O) groups excluding carboxylic acids is 9. The van der Waals surface area contributed by atoms with Crippen molar-refractivity contribution >= 4 is 74.8 Å². The van der Waals surface area contributed by atoms with Crippen LogP contribution in [0.3, 0.4) is 0 Å². The van der Waals surface area contributed by atoms with Crippen molar-refractivity contribution < 1.29 is 97.8 Å². The number of hydrogen-bond acceptors (Lipinski definition) is 24. The van der Waals surface area contributed by atoms with Gasteiger partial charge in [0.1, 0.15) is 41.9 Å². The molecule has 544 valence electrons. The molecule has 9 amide bonds. The van der Waals surface area contributed by atoms with Gasteiger partial charge < -0.3 is 107 Å². The third-order valence-corrected chi connectivity index (χ3v) is 18.4. The van der Waals surface area contributed by atoms with Crippen molar-refractivity contribution in [3.63, 3.8) is 0 Å². The van der Waals surface area contributed by atoms with E-state index in [1.807, 2.05) is 0 Å². The van der Waals surface area contributed by atoms with Crippen LogP contribution in [0.1, 0.15) is 108 Å². The van der Waals surface area contributed by atoms with Gasteiger partial charge in [0.25, 0.3) is 5.91 Å². The Hall–Kier alpha value is -8.35. The smallest absolute Gasteiger partial charge is 0.407 e. The number of benzene rings is 2. The van der Waals surface area contributed by atoms with E-state index in [9.17, 15) is 78.9 Å². The normalized spacial score (nSPS) is 25.1. The lowest BCUT2D eigenvalue weighted by Crippen LogP contribution is -2.64. The Kier molecular flexibility index (Phi) is 26.7. The van der Waals surface area contributed by atoms with Crippen molar-refractivity contribution in [1.29, 1.82) is 0 Å². The molecular formula is C65H93N13O20S. The van der Waals surface area contributed by atoms with Crippen LogP contribution in [-0.4, -0.2) is 264 Å². The monoisotopic (exact) mass is 1410 g/mol. The number of imidazole rings is 1. The highest BCUT2D eigenvalue weighted by molar-refractivity contribution is 7.20. The van der Waals surface area contributed by atoms with E-state index in [2.05, 4.69) is 36.8 Å². The van der Waals surface area contributed by atoms with Gasteiger partial charge in [0.2, 0.25) is 51.4 Å². The van der Waals surface area contributed by atoms with Crippen LogP contribution in [0.2, 0.25) is 0 Å². The Bertz CT molecular complexity index is 3440. The summed E-state index contributed by atoms with van der Waals surface area (Å²) in [4.78, 5) is 136. The van der Waals surface area contributed by atoms with Gasteiger partial charge in [0.15, 0.2) is 11.5 Å². The number of aromatic nitrogens is 3. The lowest BCUT2D eigenvalue weighted by molar-refractivity contribution is -0.147. The largest absolute Gasteiger partial charge is 0.504 e. The van der Waals surface area contributed by atoms with Gasteiger partial charge in [-0.1, -0.05) is 36.5 Å². The number of aliphatic hydroxyl groups is 6. The molecule has 0 radical (unpaired) electrons. The third-order valence-electron chi connectivity index (χ3n) is 17.4. The molecule has 0 saturated carbocycles. The van der Waals surface area contributed by atoms with Crippen LogP contribution < -0.4 is 47.3 Å². The summed E-state index contributed by atoms with van der Waals surface area (Å²) < 4.78 is 23.9. The number of phenolic OH excluding ortho intramolecular Hbond substituents is 1. The first-order valence-corrected chi connectivity index (χ1v) is 34.0. The van der Waals surface area contributed by atoms with Crippen molar-refractivity contribution in [2.24, 2.45) is 11.7 Å². The number of rotatable bonds is 23. The van der Waals surface area contributed by atoms with Gasteiger partial charge in [-0.05, 0) is 96.0 Å². The number of fused-ring (bicyclic) bond motifs is 3. The summed E-state index contributed by atoms with van der Waals surface area (Å²) in [6, 6.07) is -1.62. The molecule has 0 bridgehead atoms. The van der Waals surface area contributed by atoms with Gasteiger partial charge in [0.05, 0.1) is 67.6 Å². The first-order valence-electron chi connectivity index (χ1n) is 33.2. The number of alkyl carbamates (subject to hydrolysis) is 1. The predicted molar refractivity (Wildman–Crippen MR) is 354 cm³/mol. The summed E-state index contributed by atoms with van der Waals surface area (Å²) in [5, 5.41) is 100.0. The number of primary amides is 1. The fourth-order valence-electron chi connectivity index (χ4n) is 12.1.